The minimum absolute atomic E-state index is 0. The van der Waals surface area contributed by atoms with Crippen LogP contribution in [0.2, 0.25) is 0 Å². The molecule has 1 aromatic carbocycles. The van der Waals surface area contributed by atoms with Crippen LogP contribution in [-0.2, 0) is 11.2 Å². The number of nitro groups is 1. The fraction of sp³-hybridized carbons (Fsp3) is 0.300. The van der Waals surface area contributed by atoms with E-state index in [0.717, 1.165) is 0 Å². The minimum atomic E-state index is -1.17. The Bertz CT molecular complexity index is 436. The van der Waals surface area contributed by atoms with Crippen molar-refractivity contribution in [3.05, 3.63) is 39.4 Å². The third kappa shape index (κ3) is 3.69. The number of nitrogens with zero attached hydrogens (tertiary/aromatic N) is 1. The van der Waals surface area contributed by atoms with Gasteiger partial charge in [-0.25, -0.2) is 0 Å². The highest BCUT2D eigenvalue weighted by Crippen LogP contribution is 2.22. The van der Waals surface area contributed by atoms with Gasteiger partial charge < -0.3 is 10.8 Å². The molecule has 1 atom stereocenters. The molecule has 0 fully saturated rings. The van der Waals surface area contributed by atoms with Crippen LogP contribution in [0.3, 0.4) is 0 Å². The first-order valence-corrected chi connectivity index (χ1v) is 4.64. The summed E-state index contributed by atoms with van der Waals surface area (Å²) in [5.74, 6) is -1.17. The molecular weight excluding hydrogens is 248 g/mol. The van der Waals surface area contributed by atoms with Gasteiger partial charge in [0.15, 0.2) is 0 Å². The molecule has 0 aliphatic carbocycles. The van der Waals surface area contributed by atoms with Crippen molar-refractivity contribution < 1.29 is 14.8 Å². The van der Waals surface area contributed by atoms with Crippen LogP contribution in [-0.4, -0.2) is 22.0 Å². The van der Waals surface area contributed by atoms with E-state index in [1.165, 1.54) is 6.07 Å². The molecule has 0 unspecified atom stereocenters. The lowest BCUT2D eigenvalue weighted by Crippen LogP contribution is -2.32. The molecule has 0 aliphatic heterocycles. The summed E-state index contributed by atoms with van der Waals surface area (Å²) >= 11 is 0. The number of carboxylic acid groups (broad SMARTS) is 1. The van der Waals surface area contributed by atoms with Crippen molar-refractivity contribution in [3.8, 4) is 0 Å². The predicted molar refractivity (Wildman–Crippen MR) is 64.4 cm³/mol. The highest BCUT2D eigenvalue weighted by atomic mass is 35.5. The van der Waals surface area contributed by atoms with Crippen LogP contribution in [0.4, 0.5) is 5.69 Å². The minimum Gasteiger partial charge on any atom is -0.480 e. The number of carbonyl (C=O) groups is 1. The molecule has 6 nitrogen and oxygen atoms in total. The summed E-state index contributed by atoms with van der Waals surface area (Å²) < 4.78 is 0. The van der Waals surface area contributed by atoms with Crippen LogP contribution in [0.15, 0.2) is 18.2 Å². The van der Waals surface area contributed by atoms with Gasteiger partial charge in [0.05, 0.1) is 4.92 Å². The Balaban J connectivity index is 0.00000256. The van der Waals surface area contributed by atoms with Gasteiger partial charge in [0.2, 0.25) is 0 Å². The van der Waals surface area contributed by atoms with E-state index in [2.05, 4.69) is 0 Å². The smallest absolute Gasteiger partial charge is 0.320 e. The number of nitro benzene ring substituents is 1. The van der Waals surface area contributed by atoms with E-state index in [-0.39, 0.29) is 24.5 Å². The van der Waals surface area contributed by atoms with E-state index in [1.54, 1.807) is 19.1 Å². The number of halogens is 1. The topological polar surface area (TPSA) is 106 Å². The molecule has 0 bridgehead atoms. The van der Waals surface area contributed by atoms with Gasteiger partial charge in [-0.2, -0.15) is 0 Å². The van der Waals surface area contributed by atoms with Crippen LogP contribution < -0.4 is 5.73 Å². The van der Waals surface area contributed by atoms with Crippen molar-refractivity contribution in [2.75, 3.05) is 0 Å². The lowest BCUT2D eigenvalue weighted by Gasteiger charge is -2.09. The zero-order valence-corrected chi connectivity index (χ0v) is 9.94. The van der Waals surface area contributed by atoms with Gasteiger partial charge >= 0.3 is 5.97 Å². The Hall–Kier alpha value is -1.66. The van der Waals surface area contributed by atoms with E-state index in [1.807, 2.05) is 0 Å². The van der Waals surface area contributed by atoms with Gasteiger partial charge in [-0.3, -0.25) is 14.9 Å². The van der Waals surface area contributed by atoms with Crippen molar-refractivity contribution in [3.63, 3.8) is 0 Å². The molecule has 17 heavy (non-hydrogen) atoms. The Kier molecular flexibility index (Phi) is 5.57. The Morgan fingerprint density at radius 3 is 2.65 bits per heavy atom. The Labute approximate surface area is 104 Å². The largest absolute Gasteiger partial charge is 0.480 e. The van der Waals surface area contributed by atoms with Crippen LogP contribution in [0.5, 0.6) is 0 Å². The average molecular weight is 261 g/mol. The van der Waals surface area contributed by atoms with E-state index >= 15 is 0 Å². The Morgan fingerprint density at radius 1 is 1.59 bits per heavy atom. The fourth-order valence-corrected chi connectivity index (χ4v) is 1.43. The SMILES string of the molecule is Cc1cccc([N+](=O)[O-])c1C[C@H](N)C(=O)O.Cl. The van der Waals surface area contributed by atoms with E-state index in [9.17, 15) is 14.9 Å². The monoisotopic (exact) mass is 260 g/mol. The van der Waals surface area contributed by atoms with Crippen molar-refractivity contribution in [2.45, 2.75) is 19.4 Å². The molecule has 0 aliphatic rings. The molecule has 0 saturated heterocycles. The first-order chi connectivity index (χ1) is 7.43. The second kappa shape index (κ2) is 6.17. The summed E-state index contributed by atoms with van der Waals surface area (Å²) in [5, 5.41) is 19.4. The molecule has 0 heterocycles. The first kappa shape index (κ1) is 15.3. The van der Waals surface area contributed by atoms with Crippen molar-refractivity contribution >= 4 is 24.1 Å². The van der Waals surface area contributed by atoms with E-state index < -0.39 is 16.9 Å². The number of benzene rings is 1. The quantitative estimate of drug-likeness (QED) is 0.626. The standard InChI is InChI=1S/C10H12N2O4.ClH/c1-6-3-2-4-9(12(15)16)7(6)5-8(11)10(13)14;/h2-4,8H,5,11H2,1H3,(H,13,14);1H/t8-;/m0./s1. The molecule has 3 N–H and O–H groups in total. The first-order valence-electron chi connectivity index (χ1n) is 4.64. The second-order valence-electron chi connectivity index (χ2n) is 3.48. The van der Waals surface area contributed by atoms with Gasteiger partial charge in [0.1, 0.15) is 6.04 Å². The van der Waals surface area contributed by atoms with Gasteiger partial charge in [0.25, 0.3) is 5.69 Å². The maximum absolute atomic E-state index is 10.7. The lowest BCUT2D eigenvalue weighted by molar-refractivity contribution is -0.385. The van der Waals surface area contributed by atoms with Crippen LogP contribution in [0.1, 0.15) is 11.1 Å². The lowest BCUT2D eigenvalue weighted by atomic mass is 9.99. The van der Waals surface area contributed by atoms with Crippen molar-refractivity contribution in [1.82, 2.24) is 0 Å². The van der Waals surface area contributed by atoms with Gasteiger partial charge in [-0.1, -0.05) is 12.1 Å². The number of nitrogens with two attached hydrogens (primary N) is 1. The predicted octanol–water partition coefficient (Wildman–Crippen LogP) is 1.28. The van der Waals surface area contributed by atoms with E-state index in [0.29, 0.717) is 11.1 Å². The van der Waals surface area contributed by atoms with Crippen LogP contribution in [0.25, 0.3) is 0 Å². The average Bonchev–Trinajstić information content (AvgIpc) is 2.20. The molecule has 1 aromatic rings. The summed E-state index contributed by atoms with van der Waals surface area (Å²) in [6.45, 7) is 1.69. The molecule has 0 spiro atoms. The summed E-state index contributed by atoms with van der Waals surface area (Å²) in [4.78, 5) is 20.8. The molecule has 7 heteroatoms. The third-order valence-electron chi connectivity index (χ3n) is 2.32. The zero-order chi connectivity index (χ0) is 12.3. The Morgan fingerprint density at radius 2 is 2.18 bits per heavy atom. The number of rotatable bonds is 4. The molecule has 94 valence electrons. The summed E-state index contributed by atoms with van der Waals surface area (Å²) in [6.07, 6.45) is -0.0433. The van der Waals surface area contributed by atoms with Crippen molar-refractivity contribution in [1.29, 1.82) is 0 Å². The van der Waals surface area contributed by atoms with Crippen LogP contribution in [0, 0.1) is 17.0 Å². The van der Waals surface area contributed by atoms with Crippen molar-refractivity contribution in [2.24, 2.45) is 5.73 Å². The molecule has 1 rings (SSSR count). The van der Waals surface area contributed by atoms with Gasteiger partial charge in [-0.15, -0.1) is 12.4 Å². The number of hydrogen-bond donors (Lipinski definition) is 2. The molecular formula is C10H13ClN2O4. The number of hydrogen-bond acceptors (Lipinski definition) is 4. The summed E-state index contributed by atoms with van der Waals surface area (Å²) in [6, 6.07) is 3.47. The van der Waals surface area contributed by atoms with E-state index in [4.69, 9.17) is 10.8 Å². The van der Waals surface area contributed by atoms with Gasteiger partial charge in [-0.05, 0) is 12.5 Å². The highest BCUT2D eigenvalue weighted by Gasteiger charge is 2.21. The third-order valence-corrected chi connectivity index (χ3v) is 2.32. The summed E-state index contributed by atoms with van der Waals surface area (Å²) in [7, 11) is 0. The molecule has 0 radical (unpaired) electrons. The molecule has 0 saturated carbocycles. The molecule has 0 amide bonds. The number of aliphatic carboxylic acids is 1. The highest BCUT2D eigenvalue weighted by molar-refractivity contribution is 5.85. The summed E-state index contributed by atoms with van der Waals surface area (Å²) in [5.41, 5.74) is 6.33. The zero-order valence-electron chi connectivity index (χ0n) is 9.12. The number of aryl methyl sites for hydroxylation is 1. The van der Waals surface area contributed by atoms with Gasteiger partial charge in [0, 0.05) is 18.1 Å². The number of carboxylic acids is 1. The maximum atomic E-state index is 10.7. The maximum Gasteiger partial charge on any atom is 0.320 e. The molecule has 0 aromatic heterocycles. The van der Waals surface area contributed by atoms with Crippen LogP contribution >= 0.6 is 12.4 Å². The fourth-order valence-electron chi connectivity index (χ4n) is 1.43. The normalized spacial score (nSPS) is 11.4. The second-order valence-corrected chi connectivity index (χ2v) is 3.48.